The van der Waals surface area contributed by atoms with E-state index in [9.17, 15) is 19.2 Å². The van der Waals surface area contributed by atoms with Gasteiger partial charge in [-0.15, -0.1) is 12.8 Å². The summed E-state index contributed by atoms with van der Waals surface area (Å²) in [7, 11) is 1.25. The lowest BCUT2D eigenvalue weighted by Crippen LogP contribution is -2.41. The molecule has 3 aromatic rings. The highest BCUT2D eigenvalue weighted by atomic mass is 16.5. The van der Waals surface area contributed by atoms with Gasteiger partial charge in [-0.05, 0) is 69.0 Å². The van der Waals surface area contributed by atoms with E-state index in [1.54, 1.807) is 23.1 Å². The maximum absolute atomic E-state index is 12.2. The number of nitrogens with zero attached hydrogens (tertiary/aromatic N) is 4. The lowest BCUT2D eigenvalue weighted by atomic mass is 10.2. The van der Waals surface area contributed by atoms with Crippen molar-refractivity contribution in [3.63, 3.8) is 0 Å². The molecular formula is C32H38N6O6. The molecule has 44 heavy (non-hydrogen) atoms. The number of aryl methyl sites for hydroxylation is 1. The van der Waals surface area contributed by atoms with Crippen molar-refractivity contribution in [2.24, 2.45) is 10.7 Å². The average Bonchev–Trinajstić information content (AvgIpc) is 3.65. The fraction of sp³-hybridized carbons (Fsp3) is 0.375. The molecule has 12 nitrogen and oxygen atoms in total. The maximum Gasteiger partial charge on any atom is 0.356 e. The third-order valence-corrected chi connectivity index (χ3v) is 6.99. The number of pyridine rings is 1. The zero-order valence-corrected chi connectivity index (χ0v) is 25.1. The molecule has 0 atom stereocenters. The van der Waals surface area contributed by atoms with E-state index in [4.69, 9.17) is 10.2 Å². The van der Waals surface area contributed by atoms with Crippen molar-refractivity contribution in [2.75, 3.05) is 33.3 Å². The van der Waals surface area contributed by atoms with E-state index >= 15 is 0 Å². The van der Waals surface area contributed by atoms with E-state index < -0.39 is 11.9 Å². The zero-order valence-electron chi connectivity index (χ0n) is 25.1. The standard InChI is InChI=1S/C18H16N4O4.C12H20N2O2.C2H2/c1-10-7-12-8-13(4-6-15(12)26-10)21-18(19)22-16(23)11-3-5-14(20-9-11)17(24)25-2;15-11-6-2-1-3-9-14(11)10-12(16)13-7-4-5-8-13;1-2/h3-9H,1-2H3,(H3,19,21,22,23);1-10H2;1-2H. The van der Waals surface area contributed by atoms with Crippen LogP contribution in [0.3, 0.4) is 0 Å². The molecule has 2 fully saturated rings. The van der Waals surface area contributed by atoms with Crippen LogP contribution in [-0.2, 0) is 14.3 Å². The number of carbonyl (C=O) groups is 4. The first-order valence-corrected chi connectivity index (χ1v) is 14.3. The second-order valence-electron chi connectivity index (χ2n) is 10.2. The zero-order chi connectivity index (χ0) is 32.1. The van der Waals surface area contributed by atoms with Gasteiger partial charge in [0.25, 0.3) is 5.91 Å². The van der Waals surface area contributed by atoms with Gasteiger partial charge in [-0.25, -0.2) is 14.8 Å². The van der Waals surface area contributed by atoms with Crippen LogP contribution >= 0.6 is 0 Å². The van der Waals surface area contributed by atoms with Crippen molar-refractivity contribution in [2.45, 2.75) is 45.4 Å². The summed E-state index contributed by atoms with van der Waals surface area (Å²) < 4.78 is 10.0. The van der Waals surface area contributed by atoms with Crippen molar-refractivity contribution in [3.05, 3.63) is 59.6 Å². The molecule has 2 aromatic heterocycles. The SMILES string of the molecule is C#C.COC(=O)c1ccc(C(=O)NC(N)=Nc2ccc3oc(C)cc3c2)cn1.O=C(CN1CCCCCC1=O)N1CCCC1. The Morgan fingerprint density at radius 2 is 1.77 bits per heavy atom. The number of rotatable bonds is 5. The average molecular weight is 603 g/mol. The second kappa shape index (κ2) is 16.5. The van der Waals surface area contributed by atoms with Crippen LogP contribution in [-0.4, -0.2) is 77.7 Å². The summed E-state index contributed by atoms with van der Waals surface area (Å²) in [6.07, 6.45) is 15.2. The number of hydrogen-bond acceptors (Lipinski definition) is 8. The van der Waals surface area contributed by atoms with Gasteiger partial charge in [0.2, 0.25) is 17.8 Å². The number of aromatic nitrogens is 1. The molecule has 0 bridgehead atoms. The lowest BCUT2D eigenvalue weighted by Gasteiger charge is -2.23. The Balaban J connectivity index is 0.000000251. The van der Waals surface area contributed by atoms with Crippen molar-refractivity contribution < 1.29 is 28.3 Å². The number of hydrogen-bond donors (Lipinski definition) is 2. The minimum absolute atomic E-state index is 0.0633. The fourth-order valence-electron chi connectivity index (χ4n) is 4.78. The highest BCUT2D eigenvalue weighted by molar-refractivity contribution is 6.06. The Kier molecular flexibility index (Phi) is 12.5. The summed E-state index contributed by atoms with van der Waals surface area (Å²) in [6, 6.07) is 10.0. The molecule has 3 N–H and O–H groups in total. The molecule has 0 aliphatic carbocycles. The summed E-state index contributed by atoms with van der Waals surface area (Å²) in [5.74, 6) is -0.0481. The van der Waals surface area contributed by atoms with Gasteiger partial charge >= 0.3 is 5.97 Å². The molecule has 232 valence electrons. The smallest absolute Gasteiger partial charge is 0.356 e. The van der Waals surface area contributed by atoms with E-state index in [-0.39, 0.29) is 29.0 Å². The minimum atomic E-state index is -0.581. The number of nitrogens with one attached hydrogen (secondary N) is 1. The predicted molar refractivity (Wildman–Crippen MR) is 166 cm³/mol. The summed E-state index contributed by atoms with van der Waals surface area (Å²) >= 11 is 0. The molecule has 4 heterocycles. The molecule has 0 spiro atoms. The van der Waals surface area contributed by atoms with Crippen molar-refractivity contribution >= 4 is 46.3 Å². The molecule has 0 unspecified atom stereocenters. The minimum Gasteiger partial charge on any atom is -0.464 e. The Morgan fingerprint density at radius 3 is 2.45 bits per heavy atom. The third-order valence-electron chi connectivity index (χ3n) is 6.99. The number of aliphatic imine (C=N–C) groups is 1. The van der Waals surface area contributed by atoms with E-state index in [0.717, 1.165) is 68.5 Å². The predicted octanol–water partition coefficient (Wildman–Crippen LogP) is 3.56. The largest absolute Gasteiger partial charge is 0.464 e. The van der Waals surface area contributed by atoms with Gasteiger partial charge in [0.15, 0.2) is 0 Å². The Morgan fingerprint density at radius 1 is 1.05 bits per heavy atom. The number of fused-ring (bicyclic) bond motifs is 1. The number of methoxy groups -OCH3 is 1. The summed E-state index contributed by atoms with van der Waals surface area (Å²) in [5, 5.41) is 3.36. The van der Waals surface area contributed by atoms with Gasteiger partial charge in [0.1, 0.15) is 17.0 Å². The summed E-state index contributed by atoms with van der Waals surface area (Å²) in [5.41, 5.74) is 7.46. The van der Waals surface area contributed by atoms with Gasteiger partial charge in [-0.3, -0.25) is 19.7 Å². The van der Waals surface area contributed by atoms with Crippen LogP contribution in [0.4, 0.5) is 5.69 Å². The highest BCUT2D eigenvalue weighted by Gasteiger charge is 2.24. The number of likely N-dealkylation sites (tertiary alicyclic amines) is 2. The first-order valence-electron chi connectivity index (χ1n) is 14.3. The molecule has 0 radical (unpaired) electrons. The van der Waals surface area contributed by atoms with Crippen LogP contribution < -0.4 is 11.1 Å². The molecule has 12 heteroatoms. The fourth-order valence-corrected chi connectivity index (χ4v) is 4.78. The number of nitrogens with two attached hydrogens (primary N) is 1. The molecule has 2 saturated heterocycles. The van der Waals surface area contributed by atoms with Gasteiger partial charge in [0.05, 0.1) is 24.9 Å². The normalized spacial score (nSPS) is 14.9. The van der Waals surface area contributed by atoms with Crippen molar-refractivity contribution in [1.82, 2.24) is 20.1 Å². The molecular weight excluding hydrogens is 564 g/mol. The van der Waals surface area contributed by atoms with Crippen LogP contribution in [0, 0.1) is 19.8 Å². The van der Waals surface area contributed by atoms with Gasteiger partial charge in [-0.2, -0.15) is 0 Å². The van der Waals surface area contributed by atoms with E-state index in [1.807, 2.05) is 17.9 Å². The molecule has 0 saturated carbocycles. The van der Waals surface area contributed by atoms with Crippen LogP contribution in [0.5, 0.6) is 0 Å². The number of terminal acetylenes is 1. The van der Waals surface area contributed by atoms with Crippen LogP contribution in [0.2, 0.25) is 0 Å². The van der Waals surface area contributed by atoms with Crippen LogP contribution in [0.1, 0.15) is 65.1 Å². The number of guanidine groups is 1. The van der Waals surface area contributed by atoms with Gasteiger partial charge in [0, 0.05) is 37.6 Å². The van der Waals surface area contributed by atoms with Gasteiger partial charge < -0.3 is 24.7 Å². The monoisotopic (exact) mass is 602 g/mol. The van der Waals surface area contributed by atoms with Crippen LogP contribution in [0.15, 0.2) is 52.0 Å². The first-order chi connectivity index (χ1) is 21.2. The molecule has 3 amide bonds. The number of esters is 1. The number of furan rings is 1. The van der Waals surface area contributed by atoms with Crippen molar-refractivity contribution in [1.29, 1.82) is 0 Å². The Labute approximate surface area is 256 Å². The number of carbonyl (C=O) groups excluding carboxylic acids is 4. The quantitative estimate of drug-likeness (QED) is 0.194. The number of amides is 3. The topological polar surface area (TPSA) is 160 Å². The molecule has 5 rings (SSSR count). The van der Waals surface area contributed by atoms with Crippen molar-refractivity contribution in [3.8, 4) is 12.8 Å². The van der Waals surface area contributed by atoms with E-state index in [1.165, 1.54) is 25.4 Å². The van der Waals surface area contributed by atoms with Gasteiger partial charge in [-0.1, -0.05) is 6.42 Å². The number of benzene rings is 1. The first kappa shape index (κ1) is 33.3. The number of ether oxygens (including phenoxy) is 1. The third kappa shape index (κ3) is 9.42. The summed E-state index contributed by atoms with van der Waals surface area (Å²) in [4.78, 5) is 58.8. The highest BCUT2D eigenvalue weighted by Crippen LogP contribution is 2.24. The molecule has 2 aliphatic heterocycles. The van der Waals surface area contributed by atoms with Crippen LogP contribution in [0.25, 0.3) is 11.0 Å². The lowest BCUT2D eigenvalue weighted by molar-refractivity contribution is -0.139. The van der Waals surface area contributed by atoms with E-state index in [2.05, 4.69) is 32.9 Å². The Hall–Kier alpha value is -5.18. The molecule has 2 aliphatic rings. The molecule has 1 aromatic carbocycles. The Bertz CT molecular complexity index is 1500. The summed E-state index contributed by atoms with van der Waals surface area (Å²) in [6.45, 7) is 4.68. The maximum atomic E-state index is 12.2. The van der Waals surface area contributed by atoms with E-state index in [0.29, 0.717) is 18.7 Å². The second-order valence-corrected chi connectivity index (χ2v) is 10.2.